The van der Waals surface area contributed by atoms with Gasteiger partial charge in [-0.2, -0.15) is 0 Å². The van der Waals surface area contributed by atoms with Crippen LogP contribution in [-0.2, 0) is 0 Å². The van der Waals surface area contributed by atoms with Gasteiger partial charge in [0.15, 0.2) is 0 Å². The van der Waals surface area contributed by atoms with E-state index < -0.39 is 0 Å². The highest BCUT2D eigenvalue weighted by Crippen LogP contribution is 2.24. The van der Waals surface area contributed by atoms with Crippen LogP contribution in [0.15, 0.2) is 30.3 Å². The summed E-state index contributed by atoms with van der Waals surface area (Å²) in [6.45, 7) is 2.73. The lowest BCUT2D eigenvalue weighted by molar-refractivity contribution is 0.208. The van der Waals surface area contributed by atoms with Gasteiger partial charge >= 0.3 is 0 Å². The number of nitrogens with one attached hydrogen (secondary N) is 1. The van der Waals surface area contributed by atoms with Gasteiger partial charge < -0.3 is 15.2 Å². The molecule has 3 rings (SSSR count). The Morgan fingerprint density at radius 3 is 2.95 bits per heavy atom. The molecule has 1 atom stereocenters. The quantitative estimate of drug-likeness (QED) is 0.821. The Hall–Kier alpha value is -1.65. The molecule has 1 aliphatic carbocycles. The molecule has 0 spiro atoms. The molecule has 112 valence electrons. The van der Waals surface area contributed by atoms with Crippen molar-refractivity contribution in [1.82, 2.24) is 10.3 Å². The van der Waals surface area contributed by atoms with Gasteiger partial charge in [0.2, 0.25) is 0 Å². The number of aliphatic hydroxyl groups is 1. The van der Waals surface area contributed by atoms with Crippen molar-refractivity contribution in [3.63, 3.8) is 0 Å². The number of para-hydroxylation sites is 1. The van der Waals surface area contributed by atoms with Crippen LogP contribution in [0.25, 0.3) is 10.9 Å². The fraction of sp³-hybridized carbons (Fsp3) is 0.471. The monoisotopic (exact) mass is 286 g/mol. The molecule has 0 bridgehead atoms. The standard InChI is InChI=1S/C17H22N2O2/c1-12-5-6-13-3-2-4-16(17(13)18-12)21-10-9-15(11-20)19-14-7-8-14/h2-6,14-15,19-20H,7-11H2,1H3. The number of rotatable bonds is 7. The third-order valence-corrected chi connectivity index (χ3v) is 3.82. The molecule has 1 aromatic carbocycles. The minimum Gasteiger partial charge on any atom is -0.491 e. The zero-order valence-corrected chi connectivity index (χ0v) is 12.4. The number of ether oxygens (including phenoxy) is 1. The van der Waals surface area contributed by atoms with E-state index in [0.29, 0.717) is 12.6 Å². The number of hydrogen-bond donors (Lipinski definition) is 2. The first-order valence-corrected chi connectivity index (χ1v) is 7.62. The second-order valence-electron chi connectivity index (χ2n) is 5.74. The van der Waals surface area contributed by atoms with Crippen molar-refractivity contribution >= 4 is 10.9 Å². The van der Waals surface area contributed by atoms with Crippen LogP contribution in [0.3, 0.4) is 0 Å². The van der Waals surface area contributed by atoms with Crippen LogP contribution in [-0.4, -0.2) is 35.4 Å². The largest absolute Gasteiger partial charge is 0.491 e. The lowest BCUT2D eigenvalue weighted by atomic mass is 10.2. The molecule has 0 saturated heterocycles. The Labute approximate surface area is 125 Å². The number of hydrogen-bond acceptors (Lipinski definition) is 4. The number of aromatic nitrogens is 1. The Bertz CT molecular complexity index is 611. The van der Waals surface area contributed by atoms with Gasteiger partial charge in [-0.05, 0) is 38.3 Å². The van der Waals surface area contributed by atoms with Gasteiger partial charge in [-0.3, -0.25) is 0 Å². The zero-order chi connectivity index (χ0) is 14.7. The van der Waals surface area contributed by atoms with Gasteiger partial charge in [-0.15, -0.1) is 0 Å². The Morgan fingerprint density at radius 1 is 1.33 bits per heavy atom. The molecule has 1 aromatic heterocycles. The van der Waals surface area contributed by atoms with Crippen molar-refractivity contribution < 1.29 is 9.84 Å². The van der Waals surface area contributed by atoms with E-state index in [-0.39, 0.29) is 12.6 Å². The average molecular weight is 286 g/mol. The van der Waals surface area contributed by atoms with Gasteiger partial charge in [0.05, 0.1) is 13.2 Å². The van der Waals surface area contributed by atoms with Gasteiger partial charge in [-0.25, -0.2) is 4.98 Å². The molecule has 1 aliphatic rings. The average Bonchev–Trinajstić information content (AvgIpc) is 3.30. The van der Waals surface area contributed by atoms with Crippen LogP contribution in [0.1, 0.15) is 25.0 Å². The molecule has 0 aliphatic heterocycles. The Kier molecular flexibility index (Phi) is 4.36. The molecule has 1 unspecified atom stereocenters. The summed E-state index contributed by atoms with van der Waals surface area (Å²) in [5.74, 6) is 0.819. The lowest BCUT2D eigenvalue weighted by Crippen LogP contribution is -2.35. The maximum atomic E-state index is 9.38. The van der Waals surface area contributed by atoms with Crippen LogP contribution in [0.2, 0.25) is 0 Å². The molecular formula is C17H22N2O2. The highest BCUT2D eigenvalue weighted by molar-refractivity contribution is 5.84. The summed E-state index contributed by atoms with van der Waals surface area (Å²) in [4.78, 5) is 4.56. The third kappa shape index (κ3) is 3.71. The molecular weight excluding hydrogens is 264 g/mol. The van der Waals surface area contributed by atoms with Crippen LogP contribution in [0.4, 0.5) is 0 Å². The number of pyridine rings is 1. The molecule has 4 nitrogen and oxygen atoms in total. The second kappa shape index (κ2) is 6.41. The first-order valence-electron chi connectivity index (χ1n) is 7.62. The minimum atomic E-state index is 0.127. The van der Waals surface area contributed by atoms with Crippen molar-refractivity contribution in [3.8, 4) is 5.75 Å². The summed E-state index contributed by atoms with van der Waals surface area (Å²) in [6.07, 6.45) is 3.25. The highest BCUT2D eigenvalue weighted by Gasteiger charge is 2.24. The number of nitrogens with zero attached hydrogens (tertiary/aromatic N) is 1. The van der Waals surface area contributed by atoms with E-state index in [4.69, 9.17) is 4.74 Å². The number of aliphatic hydroxyl groups excluding tert-OH is 1. The molecule has 2 N–H and O–H groups in total. The van der Waals surface area contributed by atoms with E-state index in [1.54, 1.807) is 0 Å². The summed E-state index contributed by atoms with van der Waals surface area (Å²) in [5, 5.41) is 13.9. The van der Waals surface area contributed by atoms with Crippen molar-refractivity contribution in [2.75, 3.05) is 13.2 Å². The van der Waals surface area contributed by atoms with E-state index in [2.05, 4.69) is 16.4 Å². The van der Waals surface area contributed by atoms with Gasteiger partial charge in [-0.1, -0.05) is 18.2 Å². The molecule has 2 aromatic rings. The maximum absolute atomic E-state index is 9.38. The summed E-state index contributed by atoms with van der Waals surface area (Å²) >= 11 is 0. The third-order valence-electron chi connectivity index (χ3n) is 3.82. The summed E-state index contributed by atoms with van der Waals surface area (Å²) in [5.41, 5.74) is 1.90. The summed E-state index contributed by atoms with van der Waals surface area (Å²) in [7, 11) is 0. The molecule has 0 radical (unpaired) electrons. The van der Waals surface area contributed by atoms with Gasteiger partial charge in [0.25, 0.3) is 0 Å². The van der Waals surface area contributed by atoms with E-state index in [1.165, 1.54) is 12.8 Å². The second-order valence-corrected chi connectivity index (χ2v) is 5.74. The van der Waals surface area contributed by atoms with E-state index in [1.807, 2.05) is 31.2 Å². The number of fused-ring (bicyclic) bond motifs is 1. The van der Waals surface area contributed by atoms with E-state index in [0.717, 1.165) is 28.8 Å². The van der Waals surface area contributed by atoms with E-state index in [9.17, 15) is 5.11 Å². The normalized spacial score (nSPS) is 16.1. The zero-order valence-electron chi connectivity index (χ0n) is 12.4. The smallest absolute Gasteiger partial charge is 0.145 e. The predicted molar refractivity (Wildman–Crippen MR) is 83.6 cm³/mol. The number of benzene rings is 1. The fourth-order valence-corrected chi connectivity index (χ4v) is 2.46. The topological polar surface area (TPSA) is 54.4 Å². The minimum absolute atomic E-state index is 0.127. The molecule has 1 heterocycles. The highest BCUT2D eigenvalue weighted by atomic mass is 16.5. The van der Waals surface area contributed by atoms with Gasteiger partial charge in [0, 0.05) is 23.2 Å². The van der Waals surface area contributed by atoms with Crippen molar-refractivity contribution in [1.29, 1.82) is 0 Å². The van der Waals surface area contributed by atoms with Gasteiger partial charge in [0.1, 0.15) is 11.3 Å². The van der Waals surface area contributed by atoms with Crippen LogP contribution in [0.5, 0.6) is 5.75 Å². The lowest BCUT2D eigenvalue weighted by Gasteiger charge is -2.16. The molecule has 0 amide bonds. The number of aryl methyl sites for hydroxylation is 1. The fourth-order valence-electron chi connectivity index (χ4n) is 2.46. The SMILES string of the molecule is Cc1ccc2cccc(OCCC(CO)NC3CC3)c2n1. The van der Waals surface area contributed by atoms with Crippen LogP contribution in [0, 0.1) is 6.92 Å². The Balaban J connectivity index is 1.63. The summed E-state index contributed by atoms with van der Waals surface area (Å²) < 4.78 is 5.89. The molecule has 21 heavy (non-hydrogen) atoms. The Morgan fingerprint density at radius 2 is 2.19 bits per heavy atom. The van der Waals surface area contributed by atoms with Crippen molar-refractivity contribution in [3.05, 3.63) is 36.0 Å². The first-order chi connectivity index (χ1) is 10.3. The molecule has 1 saturated carbocycles. The predicted octanol–water partition coefficient (Wildman–Crippen LogP) is 2.43. The van der Waals surface area contributed by atoms with Crippen molar-refractivity contribution in [2.45, 2.75) is 38.3 Å². The van der Waals surface area contributed by atoms with Crippen LogP contribution < -0.4 is 10.1 Å². The molecule has 1 fully saturated rings. The maximum Gasteiger partial charge on any atom is 0.145 e. The first kappa shape index (κ1) is 14.3. The molecule has 4 heteroatoms. The summed E-state index contributed by atoms with van der Waals surface area (Å²) in [6, 6.07) is 10.8. The van der Waals surface area contributed by atoms with Crippen LogP contribution >= 0.6 is 0 Å². The van der Waals surface area contributed by atoms with Crippen molar-refractivity contribution in [2.24, 2.45) is 0 Å². The van der Waals surface area contributed by atoms with E-state index >= 15 is 0 Å².